The first kappa shape index (κ1) is 13.8. The van der Waals surface area contributed by atoms with Gasteiger partial charge in [0.05, 0.1) is 12.2 Å². The summed E-state index contributed by atoms with van der Waals surface area (Å²) in [6, 6.07) is 0.426. The number of carbonyl (C=O) groups is 1. The second-order valence-electron chi connectivity index (χ2n) is 5.70. The molecule has 3 unspecified atom stereocenters. The molecule has 0 saturated carbocycles. The van der Waals surface area contributed by atoms with Gasteiger partial charge in [-0.05, 0) is 27.4 Å². The molecule has 0 aromatic carbocycles. The van der Waals surface area contributed by atoms with Crippen molar-refractivity contribution in [2.45, 2.75) is 38.5 Å². The van der Waals surface area contributed by atoms with Gasteiger partial charge in [-0.1, -0.05) is 6.92 Å². The normalized spacial score (nSPS) is 35.4. The van der Waals surface area contributed by atoms with E-state index in [-0.39, 0.29) is 18.1 Å². The second-order valence-corrected chi connectivity index (χ2v) is 5.70. The fourth-order valence-electron chi connectivity index (χ4n) is 2.93. The van der Waals surface area contributed by atoms with Gasteiger partial charge in [0.15, 0.2) is 0 Å². The van der Waals surface area contributed by atoms with E-state index in [4.69, 9.17) is 0 Å². The van der Waals surface area contributed by atoms with Crippen LogP contribution in [-0.2, 0) is 4.79 Å². The Morgan fingerprint density at radius 2 is 2.06 bits per heavy atom. The van der Waals surface area contributed by atoms with Gasteiger partial charge < -0.3 is 9.80 Å². The number of carbonyl (C=O) groups excluding carboxylic acids is 1. The van der Waals surface area contributed by atoms with E-state index in [9.17, 15) is 4.79 Å². The highest BCUT2D eigenvalue weighted by Crippen LogP contribution is 2.16. The van der Waals surface area contributed by atoms with Crippen LogP contribution in [0.3, 0.4) is 0 Å². The highest BCUT2D eigenvalue weighted by molar-refractivity contribution is 5.83. The van der Waals surface area contributed by atoms with Crippen LogP contribution in [-0.4, -0.2) is 79.1 Å². The van der Waals surface area contributed by atoms with Crippen LogP contribution in [0.4, 0.5) is 0 Å². The molecule has 2 saturated heterocycles. The number of likely N-dealkylation sites (N-methyl/N-ethyl adjacent to an activating group) is 2. The molecule has 1 amide bonds. The second kappa shape index (κ2) is 5.55. The first-order valence-corrected chi connectivity index (χ1v) is 6.98. The van der Waals surface area contributed by atoms with Gasteiger partial charge in [0.1, 0.15) is 0 Å². The van der Waals surface area contributed by atoms with E-state index in [0.29, 0.717) is 6.04 Å². The third kappa shape index (κ3) is 2.68. The molecule has 2 aliphatic rings. The highest BCUT2D eigenvalue weighted by Gasteiger charge is 2.37. The molecule has 0 spiro atoms. The van der Waals surface area contributed by atoms with Gasteiger partial charge in [0, 0.05) is 32.2 Å². The maximum Gasteiger partial charge on any atom is 0.240 e. The molecule has 5 heteroatoms. The zero-order chi connectivity index (χ0) is 13.3. The average Bonchev–Trinajstić information content (AvgIpc) is 2.61. The molecule has 0 bridgehead atoms. The van der Waals surface area contributed by atoms with Gasteiger partial charge in [-0.15, -0.1) is 0 Å². The third-order valence-corrected chi connectivity index (χ3v) is 4.25. The molecule has 104 valence electrons. The van der Waals surface area contributed by atoms with Crippen molar-refractivity contribution in [2.24, 2.45) is 0 Å². The predicted molar refractivity (Wildman–Crippen MR) is 72.3 cm³/mol. The topological polar surface area (TPSA) is 38.8 Å². The lowest BCUT2D eigenvalue weighted by Gasteiger charge is -2.40. The van der Waals surface area contributed by atoms with Crippen molar-refractivity contribution in [2.75, 3.05) is 40.3 Å². The van der Waals surface area contributed by atoms with E-state index in [2.05, 4.69) is 36.1 Å². The van der Waals surface area contributed by atoms with Crippen molar-refractivity contribution in [1.29, 1.82) is 0 Å². The molecule has 2 rings (SSSR count). The Hall–Kier alpha value is -0.650. The van der Waals surface area contributed by atoms with E-state index in [1.807, 2.05) is 11.8 Å². The zero-order valence-electron chi connectivity index (χ0n) is 12.0. The predicted octanol–water partition coefficient (Wildman–Crippen LogP) is -0.211. The summed E-state index contributed by atoms with van der Waals surface area (Å²) in [5.74, 6) is 0.253. The van der Waals surface area contributed by atoms with Crippen LogP contribution in [0.1, 0.15) is 20.3 Å². The van der Waals surface area contributed by atoms with Gasteiger partial charge in [0.2, 0.25) is 5.91 Å². The lowest BCUT2D eigenvalue weighted by molar-refractivity contribution is -0.130. The van der Waals surface area contributed by atoms with Gasteiger partial charge in [-0.25, -0.2) is 0 Å². The maximum absolute atomic E-state index is 12.2. The molecule has 0 aliphatic carbocycles. The highest BCUT2D eigenvalue weighted by atomic mass is 16.2. The van der Waals surface area contributed by atoms with Crippen LogP contribution in [0.2, 0.25) is 0 Å². The molecule has 0 aromatic rings. The molecule has 0 radical (unpaired) electrons. The summed E-state index contributed by atoms with van der Waals surface area (Å²) < 4.78 is 0. The van der Waals surface area contributed by atoms with Crippen molar-refractivity contribution in [1.82, 2.24) is 20.0 Å². The molecule has 3 atom stereocenters. The van der Waals surface area contributed by atoms with Crippen LogP contribution >= 0.6 is 0 Å². The number of piperazine rings is 1. The molecule has 2 heterocycles. The number of hydrogen-bond donors (Lipinski definition) is 1. The molecule has 2 aliphatic heterocycles. The fraction of sp³-hybridized carbons (Fsp3) is 0.923. The molecule has 18 heavy (non-hydrogen) atoms. The van der Waals surface area contributed by atoms with Crippen molar-refractivity contribution < 1.29 is 4.79 Å². The lowest BCUT2D eigenvalue weighted by Crippen LogP contribution is -2.56. The zero-order valence-corrected chi connectivity index (χ0v) is 12.0. The van der Waals surface area contributed by atoms with Crippen LogP contribution in [0.25, 0.3) is 0 Å². The van der Waals surface area contributed by atoms with Crippen molar-refractivity contribution in [3.05, 3.63) is 0 Å². The number of rotatable bonds is 3. The molecule has 5 nitrogen and oxygen atoms in total. The van der Waals surface area contributed by atoms with E-state index in [1.54, 1.807) is 0 Å². The molecule has 0 aromatic heterocycles. The Bertz CT molecular complexity index is 309. The molecular weight excluding hydrogens is 228 g/mol. The number of amides is 1. The Labute approximate surface area is 110 Å². The first-order chi connectivity index (χ1) is 8.52. The Morgan fingerprint density at radius 1 is 1.33 bits per heavy atom. The van der Waals surface area contributed by atoms with Gasteiger partial charge in [-0.2, -0.15) is 0 Å². The van der Waals surface area contributed by atoms with Crippen molar-refractivity contribution in [3.63, 3.8) is 0 Å². The van der Waals surface area contributed by atoms with E-state index in [0.717, 1.165) is 32.6 Å². The monoisotopic (exact) mass is 254 g/mol. The van der Waals surface area contributed by atoms with E-state index in [1.165, 1.54) is 0 Å². The summed E-state index contributed by atoms with van der Waals surface area (Å²) in [6.45, 7) is 8.19. The van der Waals surface area contributed by atoms with Crippen LogP contribution < -0.4 is 5.32 Å². The van der Waals surface area contributed by atoms with Crippen molar-refractivity contribution >= 4 is 5.91 Å². The summed E-state index contributed by atoms with van der Waals surface area (Å²) in [5, 5.41) is 3.36. The van der Waals surface area contributed by atoms with Gasteiger partial charge in [0.25, 0.3) is 0 Å². The number of nitrogens with one attached hydrogen (secondary N) is 1. The van der Waals surface area contributed by atoms with Crippen LogP contribution in [0.15, 0.2) is 0 Å². The Kier molecular flexibility index (Phi) is 4.25. The van der Waals surface area contributed by atoms with Gasteiger partial charge in [-0.3, -0.25) is 15.0 Å². The summed E-state index contributed by atoms with van der Waals surface area (Å²) in [4.78, 5) is 18.9. The van der Waals surface area contributed by atoms with Crippen molar-refractivity contribution in [3.8, 4) is 0 Å². The minimum atomic E-state index is -0.0263. The Morgan fingerprint density at radius 3 is 2.72 bits per heavy atom. The Balaban J connectivity index is 2.00. The average molecular weight is 254 g/mol. The van der Waals surface area contributed by atoms with Gasteiger partial charge >= 0.3 is 0 Å². The summed E-state index contributed by atoms with van der Waals surface area (Å²) >= 11 is 0. The fourth-order valence-corrected chi connectivity index (χ4v) is 2.93. The maximum atomic E-state index is 12.2. The SMILES string of the molecule is CCC1NC(C)C(=O)N1CC1CN(C)CCN1C. The quantitative estimate of drug-likeness (QED) is 0.756. The minimum absolute atomic E-state index is 0.0263. The largest absolute Gasteiger partial charge is 0.324 e. The van der Waals surface area contributed by atoms with E-state index >= 15 is 0 Å². The summed E-state index contributed by atoms with van der Waals surface area (Å²) in [6.07, 6.45) is 1.19. The summed E-state index contributed by atoms with van der Waals surface area (Å²) in [5.41, 5.74) is 0. The summed E-state index contributed by atoms with van der Waals surface area (Å²) in [7, 11) is 4.32. The minimum Gasteiger partial charge on any atom is -0.324 e. The smallest absolute Gasteiger partial charge is 0.240 e. The lowest BCUT2D eigenvalue weighted by atomic mass is 10.1. The number of nitrogens with zero attached hydrogens (tertiary/aromatic N) is 3. The van der Waals surface area contributed by atoms with Crippen LogP contribution in [0, 0.1) is 0 Å². The number of hydrogen-bond acceptors (Lipinski definition) is 4. The molecule has 1 N–H and O–H groups in total. The molecule has 2 fully saturated rings. The standard InChI is InChI=1S/C13H26N4O/c1-5-12-14-10(2)13(18)17(12)9-11-8-15(3)6-7-16(11)4/h10-12,14H,5-9H2,1-4H3. The van der Waals surface area contributed by atoms with Crippen LogP contribution in [0.5, 0.6) is 0 Å². The third-order valence-electron chi connectivity index (χ3n) is 4.25. The van der Waals surface area contributed by atoms with E-state index < -0.39 is 0 Å². The first-order valence-electron chi connectivity index (χ1n) is 6.98. The molecular formula is C13H26N4O.